The summed E-state index contributed by atoms with van der Waals surface area (Å²) in [7, 11) is 0. The van der Waals surface area contributed by atoms with Gasteiger partial charge in [0.2, 0.25) is 5.91 Å². The highest BCUT2D eigenvalue weighted by molar-refractivity contribution is 5.94. The van der Waals surface area contributed by atoms with Crippen molar-refractivity contribution in [3.05, 3.63) is 64.7 Å². The van der Waals surface area contributed by atoms with Crippen molar-refractivity contribution in [2.45, 2.75) is 20.8 Å². The standard InChI is InChI=1S/C20H20N2O2/c1-14-6-9-18(13-15(14)2)20(24)21-12-4-5-17-7-10-19(11-8-17)22-16(3)23/h6-11,13H,12H2,1-3H3,(H,21,24)(H,22,23). The summed E-state index contributed by atoms with van der Waals surface area (Å²) >= 11 is 0. The number of carbonyl (C=O) groups is 2. The Morgan fingerprint density at radius 2 is 1.71 bits per heavy atom. The number of nitrogens with one attached hydrogen (secondary N) is 2. The van der Waals surface area contributed by atoms with Gasteiger partial charge in [-0.3, -0.25) is 9.59 Å². The van der Waals surface area contributed by atoms with Crippen molar-refractivity contribution < 1.29 is 9.59 Å². The maximum Gasteiger partial charge on any atom is 0.252 e. The predicted octanol–water partition coefficient (Wildman–Crippen LogP) is 3.04. The summed E-state index contributed by atoms with van der Waals surface area (Å²) in [6.07, 6.45) is 0. The lowest BCUT2D eigenvalue weighted by atomic mass is 10.1. The Morgan fingerprint density at radius 1 is 1.00 bits per heavy atom. The van der Waals surface area contributed by atoms with Gasteiger partial charge in [-0.1, -0.05) is 17.9 Å². The first-order valence-electron chi connectivity index (χ1n) is 7.67. The minimum absolute atomic E-state index is 0.108. The van der Waals surface area contributed by atoms with Crippen molar-refractivity contribution in [1.82, 2.24) is 5.32 Å². The molecule has 0 unspecified atom stereocenters. The van der Waals surface area contributed by atoms with Gasteiger partial charge in [0.1, 0.15) is 0 Å². The highest BCUT2D eigenvalue weighted by atomic mass is 16.2. The van der Waals surface area contributed by atoms with Gasteiger partial charge in [-0.05, 0) is 61.4 Å². The van der Waals surface area contributed by atoms with Crippen molar-refractivity contribution in [1.29, 1.82) is 0 Å². The Balaban J connectivity index is 1.90. The molecule has 4 nitrogen and oxygen atoms in total. The smallest absolute Gasteiger partial charge is 0.252 e. The second kappa shape index (κ2) is 7.98. The Labute approximate surface area is 142 Å². The van der Waals surface area contributed by atoms with E-state index in [-0.39, 0.29) is 18.4 Å². The predicted molar refractivity (Wildman–Crippen MR) is 95.9 cm³/mol. The van der Waals surface area contributed by atoms with Crippen molar-refractivity contribution >= 4 is 17.5 Å². The number of hydrogen-bond donors (Lipinski definition) is 2. The zero-order chi connectivity index (χ0) is 17.5. The van der Waals surface area contributed by atoms with Crippen LogP contribution in [0.15, 0.2) is 42.5 Å². The monoisotopic (exact) mass is 320 g/mol. The highest BCUT2D eigenvalue weighted by Crippen LogP contribution is 2.10. The van der Waals surface area contributed by atoms with Crippen molar-refractivity contribution in [3.63, 3.8) is 0 Å². The first-order valence-corrected chi connectivity index (χ1v) is 7.67. The molecule has 2 aromatic carbocycles. The Hall–Kier alpha value is -3.06. The fraction of sp³-hybridized carbons (Fsp3) is 0.200. The Morgan fingerprint density at radius 3 is 2.33 bits per heavy atom. The molecule has 0 aliphatic heterocycles. The summed E-state index contributed by atoms with van der Waals surface area (Å²) < 4.78 is 0. The van der Waals surface area contributed by atoms with Gasteiger partial charge >= 0.3 is 0 Å². The fourth-order valence-corrected chi connectivity index (χ4v) is 2.10. The van der Waals surface area contributed by atoms with Gasteiger partial charge in [0, 0.05) is 23.7 Å². The second-order valence-corrected chi connectivity index (χ2v) is 5.54. The van der Waals surface area contributed by atoms with Crippen LogP contribution in [0.1, 0.15) is 34.0 Å². The molecule has 122 valence electrons. The summed E-state index contributed by atoms with van der Waals surface area (Å²) in [6.45, 7) is 5.74. The van der Waals surface area contributed by atoms with Crippen LogP contribution in [0.2, 0.25) is 0 Å². The lowest BCUT2D eigenvalue weighted by Crippen LogP contribution is -2.23. The third kappa shape index (κ3) is 4.99. The SMILES string of the molecule is CC(=O)Nc1ccc(C#CCNC(=O)c2ccc(C)c(C)c2)cc1. The van der Waals surface area contributed by atoms with E-state index in [1.54, 1.807) is 12.1 Å². The average molecular weight is 320 g/mol. The number of carbonyl (C=O) groups excluding carboxylic acids is 2. The first kappa shape index (κ1) is 17.3. The quantitative estimate of drug-likeness (QED) is 0.854. The lowest BCUT2D eigenvalue weighted by Gasteiger charge is -2.04. The van der Waals surface area contributed by atoms with Crippen LogP contribution in [0.3, 0.4) is 0 Å². The molecule has 0 spiro atoms. The van der Waals surface area contributed by atoms with Crippen molar-refractivity contribution in [2.24, 2.45) is 0 Å². The molecular weight excluding hydrogens is 300 g/mol. The van der Waals surface area contributed by atoms with Gasteiger partial charge in [0.15, 0.2) is 0 Å². The number of benzene rings is 2. The topological polar surface area (TPSA) is 58.2 Å². The molecule has 2 rings (SSSR count). The molecule has 0 saturated carbocycles. The number of rotatable bonds is 3. The van der Waals surface area contributed by atoms with E-state index in [4.69, 9.17) is 0 Å². The molecule has 2 N–H and O–H groups in total. The van der Waals surface area contributed by atoms with Crippen LogP contribution in [0, 0.1) is 25.7 Å². The van der Waals surface area contributed by atoms with Crippen molar-refractivity contribution in [2.75, 3.05) is 11.9 Å². The van der Waals surface area contributed by atoms with E-state index in [0.717, 1.165) is 22.4 Å². The molecule has 2 amide bonds. The Kier molecular flexibility index (Phi) is 5.75. The minimum atomic E-state index is -0.131. The largest absolute Gasteiger partial charge is 0.341 e. The average Bonchev–Trinajstić information content (AvgIpc) is 2.55. The summed E-state index contributed by atoms with van der Waals surface area (Å²) in [5.74, 6) is 5.65. The zero-order valence-electron chi connectivity index (χ0n) is 14.1. The molecule has 0 bridgehead atoms. The fourth-order valence-electron chi connectivity index (χ4n) is 2.10. The van der Waals surface area contributed by atoms with Crippen LogP contribution in [0.25, 0.3) is 0 Å². The lowest BCUT2D eigenvalue weighted by molar-refractivity contribution is -0.114. The molecule has 4 heteroatoms. The van der Waals surface area contributed by atoms with Gasteiger partial charge < -0.3 is 10.6 Å². The summed E-state index contributed by atoms with van der Waals surface area (Å²) in [5.41, 5.74) is 4.45. The maximum absolute atomic E-state index is 12.0. The molecule has 0 fully saturated rings. The third-order valence-electron chi connectivity index (χ3n) is 3.54. The molecule has 24 heavy (non-hydrogen) atoms. The molecule has 0 atom stereocenters. The van der Waals surface area contributed by atoms with Crippen LogP contribution in [0.4, 0.5) is 5.69 Å². The summed E-state index contributed by atoms with van der Waals surface area (Å²) in [4.78, 5) is 23.0. The molecule has 0 aliphatic rings. The highest BCUT2D eigenvalue weighted by Gasteiger charge is 2.04. The third-order valence-corrected chi connectivity index (χ3v) is 3.54. The van der Waals surface area contributed by atoms with Gasteiger partial charge in [-0.2, -0.15) is 0 Å². The summed E-state index contributed by atoms with van der Waals surface area (Å²) in [5, 5.41) is 5.48. The number of aryl methyl sites for hydroxylation is 2. The molecule has 0 saturated heterocycles. The van der Waals surface area contributed by atoms with Gasteiger partial charge in [-0.25, -0.2) is 0 Å². The van der Waals surface area contributed by atoms with Gasteiger partial charge in [-0.15, -0.1) is 0 Å². The number of amides is 2. The first-order chi connectivity index (χ1) is 11.5. The molecule has 0 heterocycles. The normalized spacial score (nSPS) is 9.62. The van der Waals surface area contributed by atoms with Crippen LogP contribution in [-0.4, -0.2) is 18.4 Å². The second-order valence-electron chi connectivity index (χ2n) is 5.54. The van der Waals surface area contributed by atoms with E-state index < -0.39 is 0 Å². The van der Waals surface area contributed by atoms with E-state index in [1.165, 1.54) is 6.92 Å². The number of anilines is 1. The van der Waals surface area contributed by atoms with Crippen LogP contribution >= 0.6 is 0 Å². The zero-order valence-corrected chi connectivity index (χ0v) is 14.1. The molecule has 0 aromatic heterocycles. The van der Waals surface area contributed by atoms with E-state index in [1.807, 2.05) is 44.2 Å². The molecule has 0 radical (unpaired) electrons. The Bertz CT molecular complexity index is 812. The van der Waals surface area contributed by atoms with Crippen LogP contribution in [-0.2, 0) is 4.79 Å². The van der Waals surface area contributed by atoms with E-state index in [0.29, 0.717) is 5.56 Å². The minimum Gasteiger partial charge on any atom is -0.341 e. The molecule has 0 aliphatic carbocycles. The maximum atomic E-state index is 12.0. The van der Waals surface area contributed by atoms with E-state index in [2.05, 4.69) is 22.5 Å². The van der Waals surface area contributed by atoms with Crippen LogP contribution in [0.5, 0.6) is 0 Å². The van der Waals surface area contributed by atoms with Gasteiger partial charge in [0.25, 0.3) is 5.91 Å². The van der Waals surface area contributed by atoms with E-state index in [9.17, 15) is 9.59 Å². The van der Waals surface area contributed by atoms with E-state index >= 15 is 0 Å². The van der Waals surface area contributed by atoms with Crippen molar-refractivity contribution in [3.8, 4) is 11.8 Å². The molecule has 2 aromatic rings. The number of hydrogen-bond acceptors (Lipinski definition) is 2. The van der Waals surface area contributed by atoms with Gasteiger partial charge in [0.05, 0.1) is 6.54 Å². The summed E-state index contributed by atoms with van der Waals surface area (Å²) in [6, 6.07) is 12.8. The molecular formula is C20H20N2O2. The van der Waals surface area contributed by atoms with Crippen LogP contribution < -0.4 is 10.6 Å².